The van der Waals surface area contributed by atoms with Gasteiger partial charge in [-0.2, -0.15) is 0 Å². The molecule has 0 aliphatic carbocycles. The summed E-state index contributed by atoms with van der Waals surface area (Å²) in [6.45, 7) is 2.04. The zero-order chi connectivity index (χ0) is 32.8. The quantitative estimate of drug-likeness (QED) is 0.215. The topological polar surface area (TPSA) is 31.0 Å². The van der Waals surface area contributed by atoms with Crippen LogP contribution in [0.4, 0.5) is 0 Å². The molecule has 0 N–H and O–H groups in total. The monoisotopic (exact) mass is 600 g/mol. The van der Waals surface area contributed by atoms with Crippen molar-refractivity contribution in [3.63, 3.8) is 0 Å². The Hall–Kier alpha value is -5.35. The first-order valence-corrected chi connectivity index (χ1v) is 15.7. The maximum atomic E-state index is 6.62. The fourth-order valence-corrected chi connectivity index (χ4v) is 7.41. The number of benzene rings is 7. The second-order valence-electron chi connectivity index (χ2n) is 12.2. The summed E-state index contributed by atoms with van der Waals surface area (Å²) < 4.78 is 8.61. The van der Waals surface area contributed by atoms with Gasteiger partial charge >= 0.3 is 0 Å². The van der Waals surface area contributed by atoms with Crippen LogP contribution in [-0.2, 0) is 0 Å². The Balaban J connectivity index is 1.50. The molecule has 0 saturated carbocycles. The van der Waals surface area contributed by atoms with E-state index in [0.29, 0.717) is 16.5 Å². The highest BCUT2D eigenvalue weighted by molar-refractivity contribution is 6.68. The number of nitrogens with zero attached hydrogens (tertiary/aromatic N) is 2. The van der Waals surface area contributed by atoms with Crippen LogP contribution in [0.25, 0.3) is 82.5 Å². The Morgan fingerprint density at radius 1 is 0.542 bits per heavy atom. The van der Waals surface area contributed by atoms with Crippen molar-refractivity contribution in [2.24, 2.45) is 0 Å². The lowest BCUT2D eigenvalue weighted by Crippen LogP contribution is -2.55. The van der Waals surface area contributed by atoms with Gasteiger partial charge in [-0.05, 0) is 70.3 Å². The summed E-state index contributed by atoms with van der Waals surface area (Å²) in [6, 6.07) is 37.4. The van der Waals surface area contributed by atoms with Gasteiger partial charge in [0.15, 0.2) is 0 Å². The van der Waals surface area contributed by atoms with E-state index in [2.05, 4.69) is 59.2 Å². The van der Waals surface area contributed by atoms with Crippen molar-refractivity contribution < 1.29 is 4.42 Å². The maximum absolute atomic E-state index is 6.62. The molecule has 10 radical (unpaired) electrons. The van der Waals surface area contributed by atoms with Crippen LogP contribution in [0, 0.1) is 6.92 Å². The number of para-hydroxylation sites is 3. The second kappa shape index (κ2) is 10.6. The zero-order valence-corrected chi connectivity index (χ0v) is 26.1. The van der Waals surface area contributed by atoms with E-state index in [-0.39, 0.29) is 16.4 Å². The number of fused-ring (bicyclic) bond motifs is 6. The molecule has 212 valence electrons. The summed E-state index contributed by atoms with van der Waals surface area (Å²) in [6.07, 6.45) is 0. The Morgan fingerprint density at radius 3 is 1.96 bits per heavy atom. The lowest BCUT2D eigenvalue weighted by Gasteiger charge is -2.23. The van der Waals surface area contributed by atoms with Crippen LogP contribution in [-0.4, -0.2) is 48.8 Å². The van der Waals surface area contributed by atoms with E-state index in [4.69, 9.17) is 48.6 Å². The first-order chi connectivity index (χ1) is 23.3. The van der Waals surface area contributed by atoms with Crippen molar-refractivity contribution in [3.8, 4) is 27.9 Å². The third-order valence-corrected chi connectivity index (χ3v) is 9.61. The average Bonchev–Trinajstić information content (AvgIpc) is 3.66. The highest BCUT2D eigenvalue weighted by atomic mass is 16.3. The van der Waals surface area contributed by atoms with Gasteiger partial charge in [0, 0.05) is 21.5 Å². The number of aryl methyl sites for hydroxylation is 1. The molecule has 0 aliphatic heterocycles. The third-order valence-electron chi connectivity index (χ3n) is 9.61. The Labute approximate surface area is 284 Å². The van der Waals surface area contributed by atoms with Crippen LogP contribution in [0.2, 0.25) is 0 Å². The number of imidazole rings is 1. The molecule has 0 atom stereocenters. The molecule has 0 saturated heterocycles. The van der Waals surface area contributed by atoms with Crippen LogP contribution < -0.4 is 27.3 Å². The van der Waals surface area contributed by atoms with E-state index >= 15 is 0 Å². The molecule has 0 amide bonds. The molecule has 0 bridgehead atoms. The summed E-state index contributed by atoms with van der Waals surface area (Å²) in [5, 5.41) is 6.26. The summed E-state index contributed by atoms with van der Waals surface area (Å²) in [5.74, 6) is 0.884. The Morgan fingerprint density at radius 2 is 1.17 bits per heavy atom. The number of aromatic nitrogens is 2. The summed E-state index contributed by atoms with van der Waals surface area (Å²) in [5.41, 5.74) is 9.25. The lowest BCUT2D eigenvalue weighted by atomic mass is 9.59. The predicted octanol–water partition coefficient (Wildman–Crippen LogP) is 4.84. The molecule has 2 heterocycles. The third kappa shape index (κ3) is 3.99. The van der Waals surface area contributed by atoms with E-state index in [1.165, 1.54) is 0 Å². The molecule has 9 aromatic rings. The van der Waals surface area contributed by atoms with E-state index in [9.17, 15) is 0 Å². The fourth-order valence-electron chi connectivity index (χ4n) is 7.41. The molecule has 9 rings (SSSR count). The van der Waals surface area contributed by atoms with Gasteiger partial charge < -0.3 is 4.42 Å². The highest BCUT2D eigenvalue weighted by Gasteiger charge is 2.23. The van der Waals surface area contributed by atoms with Gasteiger partial charge in [0.25, 0.3) is 0 Å². The Bertz CT molecular complexity index is 2790. The second-order valence-corrected chi connectivity index (χ2v) is 12.2. The molecule has 3 nitrogen and oxygen atoms in total. The van der Waals surface area contributed by atoms with Crippen molar-refractivity contribution in [1.82, 2.24) is 9.55 Å². The van der Waals surface area contributed by atoms with Gasteiger partial charge in [0.1, 0.15) is 56.2 Å². The van der Waals surface area contributed by atoms with Crippen molar-refractivity contribution in [3.05, 3.63) is 115 Å². The number of hydrogen-bond donors (Lipinski definition) is 0. The molecule has 2 aromatic heterocycles. The van der Waals surface area contributed by atoms with Crippen molar-refractivity contribution in [1.29, 1.82) is 0 Å². The molecular formula is C40H21B5N2O. The van der Waals surface area contributed by atoms with Gasteiger partial charge in [-0.15, -0.1) is 16.4 Å². The Kier molecular flexibility index (Phi) is 6.36. The molecule has 0 unspecified atom stereocenters. The molecule has 0 spiro atoms. The summed E-state index contributed by atoms with van der Waals surface area (Å²) in [4.78, 5) is 4.95. The number of furan rings is 1. The first kappa shape index (κ1) is 28.8. The van der Waals surface area contributed by atoms with E-state index in [1.807, 2.05) is 61.5 Å². The van der Waals surface area contributed by atoms with Crippen LogP contribution in [0.1, 0.15) is 5.82 Å². The molecular weight excluding hydrogens is 579 g/mol. The highest BCUT2D eigenvalue weighted by Crippen LogP contribution is 2.46. The van der Waals surface area contributed by atoms with Crippen molar-refractivity contribution >= 4 is 121 Å². The maximum Gasteiger partial charge on any atom is 0.136 e. The van der Waals surface area contributed by atoms with Crippen molar-refractivity contribution in [2.75, 3.05) is 0 Å². The largest absolute Gasteiger partial charge is 0.456 e. The number of hydrogen-bond acceptors (Lipinski definition) is 2. The van der Waals surface area contributed by atoms with Crippen LogP contribution in [0.15, 0.2) is 114 Å². The minimum Gasteiger partial charge on any atom is -0.456 e. The summed E-state index contributed by atoms with van der Waals surface area (Å²) in [7, 11) is 32.1. The van der Waals surface area contributed by atoms with Gasteiger partial charge in [0.2, 0.25) is 0 Å². The van der Waals surface area contributed by atoms with Gasteiger partial charge in [-0.1, -0.05) is 89.8 Å². The standard InChI is InChI=1S/C40H21B5N2O/c1-20-46-28-13-5-6-14-29(28)47(20)40-23-10-3-2-9-22(23)33(26-12-8-16-31-34(26)25-11-4-7-15-30(25)48-31)27-19-21(17-18-24(27)40)32-35(41)37(43)39(45)38(44)36(32)42/h2-19H,1H3. The molecule has 0 fully saturated rings. The molecule has 0 aliphatic rings. The van der Waals surface area contributed by atoms with Crippen LogP contribution in [0.3, 0.4) is 0 Å². The first-order valence-electron chi connectivity index (χ1n) is 15.7. The number of rotatable bonds is 3. The molecule has 8 heteroatoms. The van der Waals surface area contributed by atoms with Gasteiger partial charge in [-0.3, -0.25) is 4.57 Å². The van der Waals surface area contributed by atoms with Crippen LogP contribution >= 0.6 is 0 Å². The van der Waals surface area contributed by atoms with E-state index < -0.39 is 0 Å². The minimum atomic E-state index is 0.185. The molecule has 7 aromatic carbocycles. The minimum absolute atomic E-state index is 0.185. The fraction of sp³-hybridized carbons (Fsp3) is 0.0250. The smallest absolute Gasteiger partial charge is 0.136 e. The molecule has 48 heavy (non-hydrogen) atoms. The average molecular weight is 600 g/mol. The zero-order valence-electron chi connectivity index (χ0n) is 26.1. The normalized spacial score (nSPS) is 11.9. The van der Waals surface area contributed by atoms with Gasteiger partial charge in [-0.25, -0.2) is 4.98 Å². The summed E-state index contributed by atoms with van der Waals surface area (Å²) >= 11 is 0. The van der Waals surface area contributed by atoms with E-state index in [0.717, 1.165) is 82.7 Å². The predicted molar refractivity (Wildman–Crippen MR) is 206 cm³/mol. The van der Waals surface area contributed by atoms with Crippen molar-refractivity contribution in [2.45, 2.75) is 6.92 Å². The van der Waals surface area contributed by atoms with Gasteiger partial charge in [0.05, 0.1) is 16.7 Å². The van der Waals surface area contributed by atoms with Crippen LogP contribution in [0.5, 0.6) is 0 Å². The SMILES string of the molecule is [B]c1c([B])c([B])c(-c2ccc3c(-n4c(C)nc5ccccc54)c4ccccc4c(-c4cccc5oc6ccccc6c45)c3c2)c([B])c1[B]. The van der Waals surface area contributed by atoms with E-state index in [1.54, 1.807) is 0 Å². The lowest BCUT2D eigenvalue weighted by molar-refractivity contribution is 0.669.